The second-order valence-electron chi connectivity index (χ2n) is 6.70. The monoisotopic (exact) mass is 317 g/mol. The number of morpholine rings is 1. The molecule has 0 radical (unpaired) electrons. The highest BCUT2D eigenvalue weighted by Gasteiger charge is 2.35. The Kier molecular flexibility index (Phi) is 4.37. The first kappa shape index (κ1) is 16.0. The molecule has 1 saturated heterocycles. The molecule has 0 saturated carbocycles. The second kappa shape index (κ2) is 6.29. The minimum Gasteiger partial charge on any atom is -0.382 e. The number of amides is 1. The topological polar surface area (TPSA) is 67.5 Å². The van der Waals surface area contributed by atoms with E-state index in [0.717, 1.165) is 16.5 Å². The first-order valence-corrected chi connectivity index (χ1v) is 7.83. The number of aromatic nitrogens is 2. The van der Waals surface area contributed by atoms with Gasteiger partial charge in [0.05, 0.1) is 36.4 Å². The van der Waals surface area contributed by atoms with Crippen molar-refractivity contribution in [2.45, 2.75) is 32.0 Å². The van der Waals surface area contributed by atoms with Crippen LogP contribution in [0.1, 0.15) is 19.4 Å². The summed E-state index contributed by atoms with van der Waals surface area (Å²) in [6.07, 6.45) is 2.08. The Morgan fingerprint density at radius 2 is 2.35 bits per heavy atom. The molecule has 1 unspecified atom stereocenters. The molecule has 124 valence electrons. The summed E-state index contributed by atoms with van der Waals surface area (Å²) in [7, 11) is 1.65. The number of nitrogens with zero attached hydrogens (tertiary/aromatic N) is 2. The van der Waals surface area contributed by atoms with Crippen LogP contribution in [0.3, 0.4) is 0 Å². The van der Waals surface area contributed by atoms with Crippen LogP contribution in [0, 0.1) is 0 Å². The molecule has 1 amide bonds. The molecule has 6 nitrogen and oxygen atoms in total. The largest absolute Gasteiger partial charge is 0.382 e. The van der Waals surface area contributed by atoms with Crippen LogP contribution in [0.25, 0.3) is 10.9 Å². The van der Waals surface area contributed by atoms with Crippen molar-refractivity contribution < 1.29 is 14.3 Å². The number of methoxy groups -OCH3 is 1. The molecule has 1 aromatic heterocycles. The standard InChI is InChI=1S/C17H23N3O3/c1-17(2)11-20(9-14(23-17)10-22-3)16(21)7-12-4-5-15-13(6-12)8-18-19-15/h4-6,8,14H,7,9-11H2,1-3H3,(H,18,19). The molecule has 1 N–H and O–H groups in total. The fourth-order valence-corrected chi connectivity index (χ4v) is 3.15. The van der Waals surface area contributed by atoms with Gasteiger partial charge in [-0.2, -0.15) is 5.10 Å². The number of carbonyl (C=O) groups is 1. The Morgan fingerprint density at radius 1 is 1.52 bits per heavy atom. The molecule has 1 fully saturated rings. The highest BCUT2D eigenvalue weighted by Crippen LogP contribution is 2.22. The summed E-state index contributed by atoms with van der Waals surface area (Å²) in [6.45, 7) is 5.68. The van der Waals surface area contributed by atoms with Crippen molar-refractivity contribution in [1.82, 2.24) is 15.1 Å². The van der Waals surface area contributed by atoms with Crippen LogP contribution in [0.2, 0.25) is 0 Å². The average Bonchev–Trinajstić information content (AvgIpc) is 2.93. The van der Waals surface area contributed by atoms with E-state index in [-0.39, 0.29) is 17.6 Å². The van der Waals surface area contributed by atoms with Crippen LogP contribution in [0.15, 0.2) is 24.4 Å². The zero-order chi connectivity index (χ0) is 16.4. The van der Waals surface area contributed by atoms with Crippen LogP contribution in [-0.4, -0.2) is 59.5 Å². The van der Waals surface area contributed by atoms with Crippen molar-refractivity contribution in [3.63, 3.8) is 0 Å². The molecule has 1 aliphatic heterocycles. The lowest BCUT2D eigenvalue weighted by molar-refractivity contribution is -0.168. The van der Waals surface area contributed by atoms with E-state index in [1.807, 2.05) is 36.9 Å². The second-order valence-corrected chi connectivity index (χ2v) is 6.70. The van der Waals surface area contributed by atoms with E-state index in [0.29, 0.717) is 26.1 Å². The first-order chi connectivity index (χ1) is 11.0. The third-order valence-electron chi connectivity index (χ3n) is 4.05. The molecular weight excluding hydrogens is 294 g/mol. The van der Waals surface area contributed by atoms with Gasteiger partial charge in [-0.05, 0) is 31.5 Å². The smallest absolute Gasteiger partial charge is 0.227 e. The number of ether oxygens (including phenoxy) is 2. The number of rotatable bonds is 4. The lowest BCUT2D eigenvalue weighted by Crippen LogP contribution is -2.56. The molecule has 0 aliphatic carbocycles. The zero-order valence-electron chi connectivity index (χ0n) is 13.8. The van der Waals surface area contributed by atoms with Gasteiger partial charge in [0.1, 0.15) is 0 Å². The number of fused-ring (bicyclic) bond motifs is 1. The summed E-state index contributed by atoms with van der Waals surface area (Å²) < 4.78 is 11.1. The highest BCUT2D eigenvalue weighted by molar-refractivity contribution is 5.83. The lowest BCUT2D eigenvalue weighted by Gasteiger charge is -2.42. The number of benzene rings is 1. The van der Waals surface area contributed by atoms with Crippen molar-refractivity contribution in [2.75, 3.05) is 26.8 Å². The first-order valence-electron chi connectivity index (χ1n) is 7.83. The summed E-state index contributed by atoms with van der Waals surface area (Å²) >= 11 is 0. The summed E-state index contributed by atoms with van der Waals surface area (Å²) in [4.78, 5) is 14.6. The maximum atomic E-state index is 12.7. The van der Waals surface area contributed by atoms with Gasteiger partial charge in [0.25, 0.3) is 0 Å². The van der Waals surface area contributed by atoms with E-state index in [2.05, 4.69) is 10.2 Å². The van der Waals surface area contributed by atoms with E-state index >= 15 is 0 Å². The molecule has 23 heavy (non-hydrogen) atoms. The van der Waals surface area contributed by atoms with Gasteiger partial charge in [-0.1, -0.05) is 6.07 Å². The van der Waals surface area contributed by atoms with Crippen LogP contribution >= 0.6 is 0 Å². The summed E-state index contributed by atoms with van der Waals surface area (Å²) in [5, 5.41) is 7.95. The van der Waals surface area contributed by atoms with Gasteiger partial charge in [-0.3, -0.25) is 9.89 Å². The van der Waals surface area contributed by atoms with Crippen molar-refractivity contribution in [3.05, 3.63) is 30.0 Å². The normalized spacial score (nSPS) is 20.8. The zero-order valence-corrected chi connectivity index (χ0v) is 13.8. The van der Waals surface area contributed by atoms with Gasteiger partial charge >= 0.3 is 0 Å². The van der Waals surface area contributed by atoms with Gasteiger partial charge in [-0.15, -0.1) is 0 Å². The maximum absolute atomic E-state index is 12.7. The quantitative estimate of drug-likeness (QED) is 0.933. The molecular formula is C17H23N3O3. The molecule has 3 rings (SSSR count). The molecule has 0 spiro atoms. The van der Waals surface area contributed by atoms with Gasteiger partial charge < -0.3 is 14.4 Å². The predicted molar refractivity (Wildman–Crippen MR) is 87.2 cm³/mol. The van der Waals surface area contributed by atoms with E-state index in [1.165, 1.54) is 0 Å². The number of hydrogen-bond acceptors (Lipinski definition) is 4. The molecule has 6 heteroatoms. The van der Waals surface area contributed by atoms with Gasteiger partial charge in [0, 0.05) is 25.6 Å². The fourth-order valence-electron chi connectivity index (χ4n) is 3.15. The average molecular weight is 317 g/mol. The van der Waals surface area contributed by atoms with E-state index in [9.17, 15) is 4.79 Å². The number of H-pyrrole nitrogens is 1. The van der Waals surface area contributed by atoms with E-state index in [4.69, 9.17) is 9.47 Å². The number of hydrogen-bond donors (Lipinski definition) is 1. The Labute approximate surface area is 135 Å². The maximum Gasteiger partial charge on any atom is 0.227 e. The van der Waals surface area contributed by atoms with Crippen LogP contribution in [-0.2, 0) is 20.7 Å². The molecule has 1 atom stereocenters. The summed E-state index contributed by atoms with van der Waals surface area (Å²) in [5.41, 5.74) is 1.62. The van der Waals surface area contributed by atoms with Crippen molar-refractivity contribution in [3.8, 4) is 0 Å². The predicted octanol–water partition coefficient (Wildman–Crippen LogP) is 1.76. The molecule has 1 aliphatic rings. The third kappa shape index (κ3) is 3.71. The Bertz CT molecular complexity index is 695. The van der Waals surface area contributed by atoms with Crippen LogP contribution in [0.4, 0.5) is 0 Å². The number of carbonyl (C=O) groups excluding carboxylic acids is 1. The van der Waals surface area contributed by atoms with E-state index < -0.39 is 0 Å². The third-order valence-corrected chi connectivity index (χ3v) is 4.05. The van der Waals surface area contributed by atoms with Gasteiger partial charge in [0.2, 0.25) is 5.91 Å². The Balaban J connectivity index is 1.70. The van der Waals surface area contributed by atoms with Gasteiger partial charge in [0.15, 0.2) is 0 Å². The fraction of sp³-hybridized carbons (Fsp3) is 0.529. The highest BCUT2D eigenvalue weighted by atomic mass is 16.5. The van der Waals surface area contributed by atoms with Crippen molar-refractivity contribution >= 4 is 16.8 Å². The van der Waals surface area contributed by atoms with Crippen molar-refractivity contribution in [1.29, 1.82) is 0 Å². The van der Waals surface area contributed by atoms with Crippen LogP contribution < -0.4 is 0 Å². The Hall–Kier alpha value is -1.92. The van der Waals surface area contributed by atoms with E-state index in [1.54, 1.807) is 13.3 Å². The van der Waals surface area contributed by atoms with Gasteiger partial charge in [-0.25, -0.2) is 0 Å². The number of nitrogens with one attached hydrogen (secondary N) is 1. The number of aromatic amines is 1. The molecule has 1 aromatic carbocycles. The van der Waals surface area contributed by atoms with Crippen molar-refractivity contribution in [2.24, 2.45) is 0 Å². The molecule has 0 bridgehead atoms. The minimum absolute atomic E-state index is 0.0796. The Morgan fingerprint density at radius 3 is 3.13 bits per heavy atom. The molecule has 2 aromatic rings. The SMILES string of the molecule is COCC1CN(C(=O)Cc2ccc3[nH]ncc3c2)CC(C)(C)O1. The van der Waals surface area contributed by atoms with Crippen LogP contribution in [0.5, 0.6) is 0 Å². The summed E-state index contributed by atoms with van der Waals surface area (Å²) in [6, 6.07) is 5.94. The summed E-state index contributed by atoms with van der Waals surface area (Å²) in [5.74, 6) is 0.116. The lowest BCUT2D eigenvalue weighted by atomic mass is 10.0. The minimum atomic E-state index is -0.356. The molecule has 2 heterocycles.